The molecule has 0 saturated heterocycles. The molecule has 1 aromatic heterocycles. The summed E-state index contributed by atoms with van der Waals surface area (Å²) in [5, 5.41) is 3.12. The van der Waals surface area contributed by atoms with Gasteiger partial charge in [-0.15, -0.1) is 0 Å². The fourth-order valence-electron chi connectivity index (χ4n) is 2.97. The number of para-hydroxylation sites is 3. The highest BCUT2D eigenvalue weighted by molar-refractivity contribution is 7.13. The van der Waals surface area contributed by atoms with Crippen LogP contribution in [0.5, 0.6) is 5.75 Å². The summed E-state index contributed by atoms with van der Waals surface area (Å²) in [6.07, 6.45) is 1.88. The zero-order valence-corrected chi connectivity index (χ0v) is 12.3. The number of nitrogens with zero attached hydrogens (tertiary/aromatic N) is 2. The summed E-state index contributed by atoms with van der Waals surface area (Å²) in [5.74, 6) is 0.947. The molecule has 1 aliphatic rings. The van der Waals surface area contributed by atoms with E-state index >= 15 is 0 Å². The van der Waals surface area contributed by atoms with Crippen LogP contribution >= 0.6 is 11.3 Å². The Morgan fingerprint density at radius 2 is 1.81 bits per heavy atom. The molecule has 1 aliphatic heterocycles. The fraction of sp³-hybridized carbons (Fsp3) is 0.118. The molecule has 0 N–H and O–H groups in total. The quantitative estimate of drug-likeness (QED) is 0.649. The monoisotopic (exact) mass is 295 g/mol. The first-order chi connectivity index (χ1) is 10.4. The zero-order valence-electron chi connectivity index (χ0n) is 11.5. The van der Waals surface area contributed by atoms with Gasteiger partial charge < -0.3 is 4.74 Å². The molecule has 0 saturated carbocycles. The molecule has 0 aliphatic carbocycles. The van der Waals surface area contributed by atoms with E-state index in [1.165, 1.54) is 5.69 Å². The predicted octanol–water partition coefficient (Wildman–Crippen LogP) is 4.51. The third-order valence-corrected chi connectivity index (χ3v) is 4.79. The third kappa shape index (κ3) is 1.87. The minimum Gasteiger partial charge on any atom is -0.481 e. The largest absolute Gasteiger partial charge is 0.481 e. The summed E-state index contributed by atoms with van der Waals surface area (Å²) in [6, 6.07) is 18.8. The number of rotatable bonds is 2. The smallest absolute Gasteiger partial charge is 0.296 e. The lowest BCUT2D eigenvalue weighted by Gasteiger charge is -2.38. The number of ether oxygens (including phenoxy) is 1. The number of benzene rings is 2. The minimum atomic E-state index is 0.634. The van der Waals surface area contributed by atoms with Gasteiger partial charge in [-0.2, -0.15) is 9.47 Å². The highest BCUT2D eigenvalue weighted by atomic mass is 32.1. The Kier molecular flexibility index (Phi) is 2.98. The van der Waals surface area contributed by atoms with Crippen LogP contribution in [-0.2, 0) is 0 Å². The molecule has 0 spiro atoms. The number of quaternary nitrogens is 1. The van der Waals surface area contributed by atoms with E-state index in [1.54, 1.807) is 11.3 Å². The Labute approximate surface area is 127 Å². The normalized spacial score (nSPS) is 20.6. The maximum absolute atomic E-state index is 5.86. The number of hydrogen-bond donors (Lipinski definition) is 0. The van der Waals surface area contributed by atoms with Crippen molar-refractivity contribution < 1.29 is 4.74 Å². The topological polar surface area (TPSA) is 22.1 Å². The predicted molar refractivity (Wildman–Crippen MR) is 86.5 cm³/mol. The Bertz CT molecular complexity index is 743. The van der Waals surface area contributed by atoms with E-state index in [0.717, 1.165) is 23.1 Å². The van der Waals surface area contributed by atoms with Crippen molar-refractivity contribution in [1.29, 1.82) is 0 Å². The van der Waals surface area contributed by atoms with E-state index in [0.29, 0.717) is 11.1 Å². The van der Waals surface area contributed by atoms with Gasteiger partial charge in [0, 0.05) is 29.8 Å². The third-order valence-electron chi connectivity index (χ3n) is 3.90. The van der Waals surface area contributed by atoms with Gasteiger partial charge in [0.1, 0.15) is 18.8 Å². The lowest BCUT2D eigenvalue weighted by molar-refractivity contribution is 0.255. The number of aromatic nitrogens is 1. The van der Waals surface area contributed by atoms with Gasteiger partial charge in [0.05, 0.1) is 0 Å². The molecule has 2 heterocycles. The van der Waals surface area contributed by atoms with E-state index in [2.05, 4.69) is 41.4 Å². The van der Waals surface area contributed by atoms with E-state index in [4.69, 9.17) is 4.74 Å². The van der Waals surface area contributed by atoms with Crippen molar-refractivity contribution in [2.24, 2.45) is 0 Å². The average molecular weight is 295 g/mol. The molecule has 1 atom stereocenters. The lowest BCUT2D eigenvalue weighted by Crippen LogP contribution is -2.45. The molecule has 2 aromatic carbocycles. The number of hydrogen-bond acceptors (Lipinski definition) is 3. The Morgan fingerprint density at radius 3 is 2.62 bits per heavy atom. The van der Waals surface area contributed by atoms with Gasteiger partial charge in [-0.05, 0) is 6.07 Å². The second-order valence-electron chi connectivity index (χ2n) is 5.00. The first-order valence-corrected chi connectivity index (χ1v) is 7.85. The van der Waals surface area contributed by atoms with Gasteiger partial charge >= 0.3 is 0 Å². The van der Waals surface area contributed by atoms with Crippen LogP contribution in [0.1, 0.15) is 0 Å². The molecule has 0 radical (unpaired) electrons. The molecule has 3 nitrogen and oxygen atoms in total. The highest BCUT2D eigenvalue weighted by Gasteiger charge is 2.43. The van der Waals surface area contributed by atoms with Crippen LogP contribution < -0.4 is 9.22 Å². The van der Waals surface area contributed by atoms with Gasteiger partial charge in [-0.1, -0.05) is 41.7 Å². The standard InChI is InChI=1S/C17H15N2OS/c1-2-6-14(7-3-1)19(17-18-10-13-21-17)11-12-20-16-9-5-4-8-15(16)19/h1-10,13H,11-12H2/q+1/t19-/m0/s1. The van der Waals surface area contributed by atoms with Crippen LogP contribution in [0.2, 0.25) is 0 Å². The second kappa shape index (κ2) is 4.98. The van der Waals surface area contributed by atoms with Gasteiger partial charge in [0.2, 0.25) is 0 Å². The summed E-state index contributed by atoms with van der Waals surface area (Å²) in [7, 11) is 0. The van der Waals surface area contributed by atoms with Crippen molar-refractivity contribution in [2.45, 2.75) is 0 Å². The minimum absolute atomic E-state index is 0.634. The van der Waals surface area contributed by atoms with Crippen molar-refractivity contribution in [2.75, 3.05) is 13.2 Å². The van der Waals surface area contributed by atoms with Gasteiger partial charge in [0.15, 0.2) is 11.4 Å². The van der Waals surface area contributed by atoms with Crippen molar-refractivity contribution in [3.8, 4) is 5.75 Å². The summed E-state index contributed by atoms with van der Waals surface area (Å²) in [6.45, 7) is 1.54. The highest BCUT2D eigenvalue weighted by Crippen LogP contribution is 2.50. The molecule has 21 heavy (non-hydrogen) atoms. The summed E-state index contributed by atoms with van der Waals surface area (Å²) >= 11 is 1.69. The second-order valence-corrected chi connectivity index (χ2v) is 5.87. The summed E-state index contributed by atoms with van der Waals surface area (Å²) < 4.78 is 6.49. The molecule has 0 amide bonds. The Morgan fingerprint density at radius 1 is 1.00 bits per heavy atom. The maximum atomic E-state index is 5.86. The average Bonchev–Trinajstić information content (AvgIpc) is 3.10. The molecule has 104 valence electrons. The van der Waals surface area contributed by atoms with E-state index in [9.17, 15) is 0 Å². The van der Waals surface area contributed by atoms with Crippen molar-refractivity contribution in [3.63, 3.8) is 0 Å². The van der Waals surface area contributed by atoms with Crippen LogP contribution in [-0.4, -0.2) is 18.1 Å². The molecular weight excluding hydrogens is 280 g/mol. The van der Waals surface area contributed by atoms with E-state index < -0.39 is 0 Å². The first kappa shape index (κ1) is 12.6. The number of fused-ring (bicyclic) bond motifs is 1. The van der Waals surface area contributed by atoms with Crippen molar-refractivity contribution in [1.82, 2.24) is 9.47 Å². The van der Waals surface area contributed by atoms with Gasteiger partial charge in [-0.25, -0.2) is 0 Å². The summed E-state index contributed by atoms with van der Waals surface area (Å²) in [4.78, 5) is 4.62. The Balaban J connectivity index is 2.03. The molecule has 4 heteroatoms. The van der Waals surface area contributed by atoms with Crippen LogP contribution in [0, 0.1) is 0 Å². The lowest BCUT2D eigenvalue weighted by atomic mass is 10.1. The van der Waals surface area contributed by atoms with Crippen LogP contribution in [0.15, 0.2) is 66.2 Å². The molecule has 4 rings (SSSR count). The molecule has 3 aromatic rings. The van der Waals surface area contributed by atoms with Gasteiger partial charge in [-0.3, -0.25) is 0 Å². The van der Waals surface area contributed by atoms with Crippen molar-refractivity contribution in [3.05, 3.63) is 66.2 Å². The molecule has 0 unspecified atom stereocenters. The van der Waals surface area contributed by atoms with E-state index in [1.807, 2.05) is 29.8 Å². The van der Waals surface area contributed by atoms with Gasteiger partial charge in [0.25, 0.3) is 5.13 Å². The molecular formula is C17H15N2OS+. The Hall–Kier alpha value is -2.17. The zero-order chi connectivity index (χ0) is 14.1. The first-order valence-electron chi connectivity index (χ1n) is 6.97. The SMILES string of the molecule is c1ccc([N@@+]2(c3nccs3)CCOc3ccccc32)cc1. The van der Waals surface area contributed by atoms with Crippen LogP contribution in [0.4, 0.5) is 16.5 Å². The van der Waals surface area contributed by atoms with Crippen molar-refractivity contribution >= 4 is 27.8 Å². The molecule has 0 bridgehead atoms. The van der Waals surface area contributed by atoms with E-state index in [-0.39, 0.29) is 0 Å². The summed E-state index contributed by atoms with van der Waals surface area (Å²) in [5.41, 5.74) is 2.38. The van der Waals surface area contributed by atoms with Crippen LogP contribution in [0.3, 0.4) is 0 Å². The van der Waals surface area contributed by atoms with Crippen LogP contribution in [0.25, 0.3) is 0 Å². The fourth-order valence-corrected chi connectivity index (χ4v) is 3.81. The number of thiazole rings is 1. The maximum Gasteiger partial charge on any atom is 0.296 e. The molecule has 0 fully saturated rings.